The third-order valence-corrected chi connectivity index (χ3v) is 7.37. The van der Waals surface area contributed by atoms with Crippen LogP contribution < -0.4 is 10.6 Å². The number of carbonyl (C=O) groups excluding carboxylic acids is 2. The zero-order valence-corrected chi connectivity index (χ0v) is 16.7. The van der Waals surface area contributed by atoms with Gasteiger partial charge in [0.1, 0.15) is 5.75 Å². The maximum atomic E-state index is 13.1. The van der Waals surface area contributed by atoms with Crippen molar-refractivity contribution in [3.05, 3.63) is 41.1 Å². The number of rotatable bonds is 4. The molecule has 4 bridgehead atoms. The lowest BCUT2D eigenvalue weighted by Crippen LogP contribution is -2.49. The lowest BCUT2D eigenvalue weighted by atomic mass is 9.50. The summed E-state index contributed by atoms with van der Waals surface area (Å²) < 4.78 is 5.90. The molecule has 6 heteroatoms. The first-order valence-corrected chi connectivity index (χ1v) is 10.7. The van der Waals surface area contributed by atoms with Crippen molar-refractivity contribution in [2.24, 2.45) is 23.2 Å². The Labute approximate surface area is 170 Å². The molecular weight excluding hydrogens is 368 g/mol. The van der Waals surface area contributed by atoms with Crippen molar-refractivity contribution in [1.29, 1.82) is 0 Å². The zero-order valence-electron chi connectivity index (χ0n) is 16.7. The van der Waals surface area contributed by atoms with Crippen molar-refractivity contribution in [2.45, 2.75) is 51.5 Å². The van der Waals surface area contributed by atoms with Crippen molar-refractivity contribution in [2.75, 3.05) is 6.61 Å². The van der Waals surface area contributed by atoms with Crippen molar-refractivity contribution < 1.29 is 19.4 Å². The molecule has 1 aromatic rings. The monoisotopic (exact) mass is 396 g/mol. The Morgan fingerprint density at radius 1 is 1.17 bits per heavy atom. The third kappa shape index (κ3) is 3.38. The fourth-order valence-electron chi connectivity index (χ4n) is 6.68. The summed E-state index contributed by atoms with van der Waals surface area (Å²) in [6.45, 7) is 2.18. The van der Waals surface area contributed by atoms with Gasteiger partial charge in [-0.2, -0.15) is 0 Å². The molecule has 0 aromatic heterocycles. The summed E-state index contributed by atoms with van der Waals surface area (Å²) in [5.41, 5.74) is 1.70. The number of carbonyl (C=O) groups is 2. The van der Waals surface area contributed by atoms with Crippen LogP contribution in [0.5, 0.6) is 5.75 Å². The van der Waals surface area contributed by atoms with Gasteiger partial charge in [0.2, 0.25) is 0 Å². The van der Waals surface area contributed by atoms with Gasteiger partial charge in [-0.05, 0) is 80.9 Å². The molecule has 0 saturated heterocycles. The number of benzene rings is 1. The first kappa shape index (κ1) is 18.5. The number of nitrogens with one attached hydrogen (secondary N) is 2. The van der Waals surface area contributed by atoms with Crippen LogP contribution in [0.1, 0.15) is 57.1 Å². The average Bonchev–Trinajstić information content (AvgIpc) is 2.64. The summed E-state index contributed by atoms with van der Waals surface area (Å²) in [6.07, 6.45) is 7.59. The summed E-state index contributed by atoms with van der Waals surface area (Å²) in [7, 11) is 0. The van der Waals surface area contributed by atoms with Crippen LogP contribution in [-0.2, 0) is 9.53 Å². The lowest BCUT2D eigenvalue weighted by molar-refractivity contribution is -0.151. The molecule has 154 valence electrons. The lowest BCUT2D eigenvalue weighted by Gasteiger charge is -2.56. The van der Waals surface area contributed by atoms with Gasteiger partial charge in [-0.3, -0.25) is 0 Å². The van der Waals surface area contributed by atoms with Crippen LogP contribution in [0.2, 0.25) is 0 Å². The first-order valence-electron chi connectivity index (χ1n) is 10.7. The highest BCUT2D eigenvalue weighted by atomic mass is 16.5. The van der Waals surface area contributed by atoms with Gasteiger partial charge in [-0.25, -0.2) is 9.59 Å². The van der Waals surface area contributed by atoms with E-state index in [4.69, 9.17) is 4.74 Å². The largest absolute Gasteiger partial charge is 0.508 e. The van der Waals surface area contributed by atoms with Gasteiger partial charge in [0.05, 0.1) is 18.2 Å². The molecule has 3 N–H and O–H groups in total. The standard InChI is InChI=1S/C23H28N2O4/c1-13-19(20(25-22(28)24-13)17-3-2-4-18(26)8-17)21(27)29-12-23-9-14-5-15(10-23)7-16(6-14)11-23/h2-4,8,14-16,20,26H,5-7,9-12H2,1H3,(H2,24,25,28). The number of hydrogen-bond donors (Lipinski definition) is 3. The minimum atomic E-state index is -0.639. The molecule has 29 heavy (non-hydrogen) atoms. The summed E-state index contributed by atoms with van der Waals surface area (Å²) in [4.78, 5) is 25.2. The molecule has 2 amide bonds. The van der Waals surface area contributed by atoms with Gasteiger partial charge in [-0.15, -0.1) is 0 Å². The molecule has 6 nitrogen and oxygen atoms in total. The fraction of sp³-hybridized carbons (Fsp3) is 0.565. The Morgan fingerprint density at radius 3 is 2.45 bits per heavy atom. The van der Waals surface area contributed by atoms with E-state index in [0.717, 1.165) is 17.8 Å². The van der Waals surface area contributed by atoms with Crippen LogP contribution in [0.25, 0.3) is 0 Å². The predicted octanol–water partition coefficient (Wildman–Crippen LogP) is 3.78. The van der Waals surface area contributed by atoms with Crippen molar-refractivity contribution in [3.8, 4) is 5.75 Å². The SMILES string of the molecule is CC1=C(C(=O)OCC23CC4CC(CC(C4)C2)C3)C(c2cccc(O)c2)NC(=O)N1. The Morgan fingerprint density at radius 2 is 1.83 bits per heavy atom. The highest BCUT2D eigenvalue weighted by Gasteiger charge is 2.51. The van der Waals surface area contributed by atoms with Crippen LogP contribution >= 0.6 is 0 Å². The van der Waals surface area contributed by atoms with Crippen LogP contribution in [-0.4, -0.2) is 23.7 Å². The number of ether oxygens (including phenoxy) is 1. The van der Waals surface area contributed by atoms with E-state index in [2.05, 4.69) is 10.6 Å². The van der Waals surface area contributed by atoms with E-state index in [0.29, 0.717) is 23.4 Å². The van der Waals surface area contributed by atoms with Gasteiger partial charge >= 0.3 is 12.0 Å². The highest BCUT2D eigenvalue weighted by Crippen LogP contribution is 2.60. The second-order valence-electron chi connectivity index (χ2n) is 9.66. The quantitative estimate of drug-likeness (QED) is 0.676. The minimum Gasteiger partial charge on any atom is -0.508 e. The maximum absolute atomic E-state index is 13.1. The number of aromatic hydroxyl groups is 1. The van der Waals surface area contributed by atoms with Gasteiger partial charge in [0, 0.05) is 11.1 Å². The van der Waals surface area contributed by atoms with E-state index in [1.165, 1.54) is 38.5 Å². The first-order chi connectivity index (χ1) is 13.9. The molecule has 4 fully saturated rings. The van der Waals surface area contributed by atoms with Crippen molar-refractivity contribution in [1.82, 2.24) is 10.6 Å². The smallest absolute Gasteiger partial charge is 0.338 e. The number of phenolic OH excluding ortho intramolecular Hbond substituents is 1. The summed E-state index contributed by atoms with van der Waals surface area (Å²) in [6, 6.07) is 5.61. The van der Waals surface area contributed by atoms with Gasteiger partial charge in [-0.1, -0.05) is 12.1 Å². The van der Waals surface area contributed by atoms with E-state index in [1.54, 1.807) is 31.2 Å². The Hall–Kier alpha value is -2.50. The molecule has 4 aliphatic carbocycles. The molecule has 1 heterocycles. The van der Waals surface area contributed by atoms with E-state index in [1.807, 2.05) is 0 Å². The second kappa shape index (κ2) is 6.78. The topological polar surface area (TPSA) is 87.7 Å². The number of amides is 2. The van der Waals surface area contributed by atoms with Crippen LogP contribution in [0, 0.1) is 23.2 Å². The molecule has 1 aromatic carbocycles. The molecule has 1 aliphatic heterocycles. The van der Waals surface area contributed by atoms with Crippen LogP contribution in [0.4, 0.5) is 4.79 Å². The summed E-state index contributed by atoms with van der Waals surface area (Å²) in [5.74, 6) is 2.11. The number of urea groups is 1. The molecule has 1 unspecified atom stereocenters. The van der Waals surface area contributed by atoms with Crippen LogP contribution in [0.15, 0.2) is 35.5 Å². The third-order valence-electron chi connectivity index (χ3n) is 7.37. The molecule has 0 spiro atoms. The molecule has 4 saturated carbocycles. The van der Waals surface area contributed by atoms with Crippen LogP contribution in [0.3, 0.4) is 0 Å². The Balaban J connectivity index is 1.36. The number of allylic oxidation sites excluding steroid dienone is 1. The highest BCUT2D eigenvalue weighted by molar-refractivity contribution is 5.95. The number of hydrogen-bond acceptors (Lipinski definition) is 4. The summed E-state index contributed by atoms with van der Waals surface area (Å²) in [5, 5.41) is 15.3. The van der Waals surface area contributed by atoms with Crippen molar-refractivity contribution in [3.63, 3.8) is 0 Å². The predicted molar refractivity (Wildman–Crippen MR) is 107 cm³/mol. The van der Waals surface area contributed by atoms with Gasteiger partial charge in [0.15, 0.2) is 0 Å². The van der Waals surface area contributed by atoms with E-state index in [-0.39, 0.29) is 23.2 Å². The molecule has 5 aliphatic rings. The van der Waals surface area contributed by atoms with E-state index in [9.17, 15) is 14.7 Å². The maximum Gasteiger partial charge on any atom is 0.338 e. The number of esters is 1. The summed E-state index contributed by atoms with van der Waals surface area (Å²) >= 11 is 0. The average molecular weight is 396 g/mol. The minimum absolute atomic E-state index is 0.0919. The fourth-order valence-corrected chi connectivity index (χ4v) is 6.68. The van der Waals surface area contributed by atoms with Gasteiger partial charge in [0.25, 0.3) is 0 Å². The zero-order chi connectivity index (χ0) is 20.2. The molecule has 6 rings (SSSR count). The van der Waals surface area contributed by atoms with E-state index < -0.39 is 6.04 Å². The number of phenols is 1. The van der Waals surface area contributed by atoms with E-state index >= 15 is 0 Å². The molecule has 0 radical (unpaired) electrons. The second-order valence-corrected chi connectivity index (χ2v) is 9.66. The Bertz CT molecular complexity index is 855. The molecule has 1 atom stereocenters. The molecular formula is C23H28N2O4. The van der Waals surface area contributed by atoms with Gasteiger partial charge < -0.3 is 20.5 Å². The normalized spacial score (nSPS) is 35.3. The Kier molecular flexibility index (Phi) is 4.33. The van der Waals surface area contributed by atoms with Crippen molar-refractivity contribution >= 4 is 12.0 Å².